The van der Waals surface area contributed by atoms with Crippen LogP contribution < -0.4 is 5.32 Å². The molecule has 3 heterocycles. The lowest BCUT2D eigenvalue weighted by atomic mass is 9.73. The molecule has 0 fully saturated rings. The van der Waals surface area contributed by atoms with E-state index in [1.54, 1.807) is 0 Å². The third-order valence-electron chi connectivity index (χ3n) is 4.79. The second-order valence-electron chi connectivity index (χ2n) is 7.36. The van der Waals surface area contributed by atoms with Gasteiger partial charge in [0, 0.05) is 36.0 Å². The summed E-state index contributed by atoms with van der Waals surface area (Å²) < 4.78 is 3.71. The summed E-state index contributed by atoms with van der Waals surface area (Å²) >= 11 is 1.50. The van der Waals surface area contributed by atoms with Crippen LogP contribution in [0.25, 0.3) is 0 Å². The van der Waals surface area contributed by atoms with Gasteiger partial charge in [-0.05, 0) is 25.0 Å². The second kappa shape index (κ2) is 5.72. The highest BCUT2D eigenvalue weighted by molar-refractivity contribution is 7.98. The van der Waals surface area contributed by atoms with E-state index in [-0.39, 0.29) is 17.2 Å². The van der Waals surface area contributed by atoms with Gasteiger partial charge in [-0.3, -0.25) is 9.48 Å². The number of rotatable bonds is 3. The average molecular weight is 358 g/mol. The molecule has 2 aliphatic rings. The van der Waals surface area contributed by atoms with E-state index >= 15 is 0 Å². The third kappa shape index (κ3) is 2.68. The topological polar surface area (TPSA) is 77.6 Å². The van der Waals surface area contributed by atoms with Crippen molar-refractivity contribution in [3.63, 3.8) is 0 Å². The number of hydrogen-bond donors (Lipinski definition) is 1. The minimum Gasteiger partial charge on any atom is -0.328 e. The van der Waals surface area contributed by atoms with Gasteiger partial charge >= 0.3 is 0 Å². The molecule has 132 valence electrons. The quantitative estimate of drug-likeness (QED) is 0.850. The van der Waals surface area contributed by atoms with Gasteiger partial charge in [-0.1, -0.05) is 25.6 Å². The molecular weight excluding hydrogens is 336 g/mol. The highest BCUT2D eigenvalue weighted by atomic mass is 32.2. The van der Waals surface area contributed by atoms with Gasteiger partial charge in [0.1, 0.15) is 6.04 Å². The first-order valence-electron chi connectivity index (χ1n) is 8.48. The molecule has 0 saturated carbocycles. The first-order chi connectivity index (χ1) is 11.9. The van der Waals surface area contributed by atoms with Crippen molar-refractivity contribution in [2.24, 2.45) is 5.41 Å². The predicted molar refractivity (Wildman–Crippen MR) is 96.5 cm³/mol. The largest absolute Gasteiger partial charge is 0.328 e. The van der Waals surface area contributed by atoms with Gasteiger partial charge in [-0.2, -0.15) is 10.1 Å². The fourth-order valence-corrected chi connectivity index (χ4v) is 4.03. The van der Waals surface area contributed by atoms with Crippen LogP contribution in [-0.2, 0) is 11.3 Å². The molecule has 8 heteroatoms. The summed E-state index contributed by atoms with van der Waals surface area (Å²) in [5.74, 6) is 0.877. The lowest BCUT2D eigenvalue weighted by Crippen LogP contribution is -2.36. The summed E-state index contributed by atoms with van der Waals surface area (Å²) in [5, 5.41) is 13.1. The highest BCUT2D eigenvalue weighted by Gasteiger charge is 2.42. The zero-order valence-electron chi connectivity index (χ0n) is 14.9. The molecule has 2 aromatic rings. The Balaban J connectivity index is 1.88. The van der Waals surface area contributed by atoms with E-state index in [2.05, 4.69) is 34.3 Å². The SMILES string of the molecule is CCn1cc([C@@H]2C3=C(CC(C)(C)CC3=O)Nc3nc(SC)nn32)cn1. The number of ketones is 1. The number of hydrogen-bond acceptors (Lipinski definition) is 6. The molecule has 0 spiro atoms. The number of nitrogens with zero attached hydrogens (tertiary/aromatic N) is 5. The summed E-state index contributed by atoms with van der Waals surface area (Å²) in [6, 6.07) is -0.261. The monoisotopic (exact) mass is 358 g/mol. The Hall–Kier alpha value is -2.09. The molecule has 0 aromatic carbocycles. The fourth-order valence-electron chi connectivity index (χ4n) is 3.68. The van der Waals surface area contributed by atoms with Crippen molar-refractivity contribution in [2.75, 3.05) is 11.6 Å². The maximum absolute atomic E-state index is 13.0. The van der Waals surface area contributed by atoms with Crippen LogP contribution in [0.2, 0.25) is 0 Å². The Bertz CT molecular complexity index is 878. The molecule has 1 aliphatic heterocycles. The lowest BCUT2D eigenvalue weighted by molar-refractivity contribution is -0.118. The molecule has 0 radical (unpaired) electrons. The number of carbonyl (C=O) groups is 1. The zero-order chi connectivity index (χ0) is 17.8. The van der Waals surface area contributed by atoms with Crippen LogP contribution in [0.4, 0.5) is 5.95 Å². The van der Waals surface area contributed by atoms with Crippen molar-refractivity contribution in [3.8, 4) is 0 Å². The Labute approximate surface area is 150 Å². The number of thioether (sulfide) groups is 1. The van der Waals surface area contributed by atoms with Gasteiger partial charge in [-0.25, -0.2) is 4.68 Å². The van der Waals surface area contributed by atoms with Gasteiger partial charge in [0.25, 0.3) is 0 Å². The first-order valence-corrected chi connectivity index (χ1v) is 9.70. The van der Waals surface area contributed by atoms with Crippen LogP contribution >= 0.6 is 11.8 Å². The van der Waals surface area contributed by atoms with Crippen molar-refractivity contribution < 1.29 is 4.79 Å². The highest BCUT2D eigenvalue weighted by Crippen LogP contribution is 2.45. The molecule has 2 aromatic heterocycles. The van der Waals surface area contributed by atoms with Crippen LogP contribution in [0.1, 0.15) is 45.2 Å². The molecular formula is C17H22N6OS. The van der Waals surface area contributed by atoms with Crippen molar-refractivity contribution in [2.45, 2.75) is 51.4 Å². The van der Waals surface area contributed by atoms with Gasteiger partial charge in [0.05, 0.1) is 6.20 Å². The Kier molecular flexibility index (Phi) is 3.75. The maximum Gasteiger partial charge on any atom is 0.227 e. The third-order valence-corrected chi connectivity index (χ3v) is 5.33. The van der Waals surface area contributed by atoms with Crippen LogP contribution in [0.3, 0.4) is 0 Å². The van der Waals surface area contributed by atoms with E-state index in [0.717, 1.165) is 29.8 Å². The van der Waals surface area contributed by atoms with Gasteiger partial charge in [0.15, 0.2) is 5.78 Å². The predicted octanol–water partition coefficient (Wildman–Crippen LogP) is 2.87. The molecule has 7 nitrogen and oxygen atoms in total. The Morgan fingerprint density at radius 3 is 2.88 bits per heavy atom. The second-order valence-corrected chi connectivity index (χ2v) is 8.13. The number of anilines is 1. The van der Waals surface area contributed by atoms with Crippen LogP contribution in [0, 0.1) is 5.41 Å². The number of allylic oxidation sites excluding steroid dienone is 2. The standard InChI is InChI=1S/C17H22N6OS/c1-5-22-9-10(8-18-22)14-13-11(6-17(2,3)7-12(13)24)19-15-20-16(25-4)21-23(14)15/h8-9,14H,5-7H2,1-4H3,(H,19,20,21)/t14-/m1/s1. The summed E-state index contributed by atoms with van der Waals surface area (Å²) in [4.78, 5) is 17.6. The van der Waals surface area contributed by atoms with Crippen LogP contribution in [-0.4, -0.2) is 36.6 Å². The van der Waals surface area contributed by atoms with E-state index < -0.39 is 0 Å². The van der Waals surface area contributed by atoms with Gasteiger partial charge in [-0.15, -0.1) is 5.10 Å². The lowest BCUT2D eigenvalue weighted by Gasteiger charge is -2.37. The molecule has 4 rings (SSSR count). The molecule has 0 bridgehead atoms. The van der Waals surface area contributed by atoms with E-state index in [1.807, 2.05) is 34.9 Å². The van der Waals surface area contributed by atoms with E-state index in [0.29, 0.717) is 17.5 Å². The summed E-state index contributed by atoms with van der Waals surface area (Å²) in [6.45, 7) is 7.10. The molecule has 0 saturated heterocycles. The van der Waals surface area contributed by atoms with Crippen molar-refractivity contribution >= 4 is 23.5 Å². The summed E-state index contributed by atoms with van der Waals surface area (Å²) in [6.07, 6.45) is 7.16. The maximum atomic E-state index is 13.0. The fraction of sp³-hybridized carbons (Fsp3) is 0.529. The molecule has 0 amide bonds. The zero-order valence-corrected chi connectivity index (χ0v) is 15.7. The number of nitrogens with one attached hydrogen (secondary N) is 1. The van der Waals surface area contributed by atoms with Crippen molar-refractivity contribution in [1.82, 2.24) is 24.5 Å². The van der Waals surface area contributed by atoms with Gasteiger partial charge < -0.3 is 5.32 Å². The number of carbonyl (C=O) groups excluding carboxylic acids is 1. The van der Waals surface area contributed by atoms with Crippen molar-refractivity contribution in [3.05, 3.63) is 29.2 Å². The number of aromatic nitrogens is 5. The average Bonchev–Trinajstić information content (AvgIpc) is 3.17. The smallest absolute Gasteiger partial charge is 0.227 e. The van der Waals surface area contributed by atoms with E-state index in [1.165, 1.54) is 11.8 Å². The van der Waals surface area contributed by atoms with Crippen molar-refractivity contribution in [1.29, 1.82) is 0 Å². The summed E-state index contributed by atoms with van der Waals surface area (Å²) in [5.41, 5.74) is 2.71. The van der Waals surface area contributed by atoms with E-state index in [4.69, 9.17) is 0 Å². The summed E-state index contributed by atoms with van der Waals surface area (Å²) in [7, 11) is 0. The first kappa shape index (κ1) is 16.4. The van der Waals surface area contributed by atoms with Crippen LogP contribution in [0.5, 0.6) is 0 Å². The molecule has 1 N–H and O–H groups in total. The molecule has 0 unspecified atom stereocenters. The van der Waals surface area contributed by atoms with Crippen LogP contribution in [0.15, 0.2) is 28.8 Å². The van der Waals surface area contributed by atoms with Gasteiger partial charge in [0.2, 0.25) is 11.1 Å². The molecule has 1 atom stereocenters. The number of aryl methyl sites for hydroxylation is 1. The minimum absolute atomic E-state index is 0.0500. The number of fused-ring (bicyclic) bond motifs is 1. The normalized spacial score (nSPS) is 21.8. The Morgan fingerprint density at radius 2 is 2.20 bits per heavy atom. The number of Topliss-reactive ketones (excluding diaryl/α,β-unsaturated/α-hetero) is 1. The van der Waals surface area contributed by atoms with E-state index in [9.17, 15) is 4.79 Å². The Morgan fingerprint density at radius 1 is 1.40 bits per heavy atom. The molecule has 1 aliphatic carbocycles. The minimum atomic E-state index is -0.261. The molecule has 25 heavy (non-hydrogen) atoms.